The number of nitrogens with one attached hydrogen (secondary N) is 1. The molecule has 0 unspecified atom stereocenters. The van der Waals surface area contributed by atoms with Crippen molar-refractivity contribution in [1.82, 2.24) is 9.97 Å². The number of rotatable bonds is 4. The predicted octanol–water partition coefficient (Wildman–Crippen LogP) is 3.38. The van der Waals surface area contributed by atoms with E-state index in [-0.39, 0.29) is 0 Å². The smallest absolute Gasteiger partial charge is 0.134 e. The molecule has 4 nitrogen and oxygen atoms in total. The van der Waals surface area contributed by atoms with Gasteiger partial charge in [-0.1, -0.05) is 12.1 Å². The normalized spacial score (nSPS) is 14.2. The van der Waals surface area contributed by atoms with Gasteiger partial charge in [-0.3, -0.25) is 0 Å². The van der Waals surface area contributed by atoms with Crippen molar-refractivity contribution in [1.29, 1.82) is 0 Å². The average Bonchev–Trinajstić information content (AvgIpc) is 3.32. The molecule has 3 rings (SSSR count). The molecule has 1 aliphatic rings. The first-order chi connectivity index (χ1) is 9.74. The summed E-state index contributed by atoms with van der Waals surface area (Å²) in [7, 11) is 3.59. The fourth-order valence-electron chi connectivity index (χ4n) is 2.40. The van der Waals surface area contributed by atoms with Crippen LogP contribution in [0, 0.1) is 6.92 Å². The summed E-state index contributed by atoms with van der Waals surface area (Å²) in [5.41, 5.74) is 3.04. The number of hydrogen-bond donors (Lipinski definition) is 1. The molecule has 20 heavy (non-hydrogen) atoms. The van der Waals surface area contributed by atoms with Crippen LogP contribution in [0.3, 0.4) is 0 Å². The minimum absolute atomic E-state index is 0.524. The second kappa shape index (κ2) is 5.12. The largest absolute Gasteiger partial charge is 0.496 e. The van der Waals surface area contributed by atoms with Crippen molar-refractivity contribution in [2.75, 3.05) is 19.5 Å². The summed E-state index contributed by atoms with van der Waals surface area (Å²) in [5.74, 6) is 3.22. The topological polar surface area (TPSA) is 47.0 Å². The van der Waals surface area contributed by atoms with Gasteiger partial charge in [0.25, 0.3) is 0 Å². The van der Waals surface area contributed by atoms with Crippen LogP contribution in [-0.4, -0.2) is 24.1 Å². The summed E-state index contributed by atoms with van der Waals surface area (Å²) in [6.45, 7) is 2.05. The van der Waals surface area contributed by atoms with E-state index in [1.165, 1.54) is 12.8 Å². The Balaban J connectivity index is 2.18. The number of para-hydroxylation sites is 1. The first kappa shape index (κ1) is 12.9. The van der Waals surface area contributed by atoms with Crippen molar-refractivity contribution in [3.8, 4) is 17.0 Å². The minimum Gasteiger partial charge on any atom is -0.496 e. The molecule has 1 aromatic heterocycles. The monoisotopic (exact) mass is 269 g/mol. The molecule has 0 saturated heterocycles. The molecule has 1 aromatic carbocycles. The molecule has 1 N–H and O–H groups in total. The highest BCUT2D eigenvalue weighted by atomic mass is 16.5. The molecule has 0 atom stereocenters. The Labute approximate surface area is 119 Å². The van der Waals surface area contributed by atoms with Gasteiger partial charge >= 0.3 is 0 Å². The van der Waals surface area contributed by atoms with Gasteiger partial charge in [-0.25, -0.2) is 9.97 Å². The Morgan fingerprint density at radius 3 is 2.60 bits per heavy atom. The first-order valence-electron chi connectivity index (χ1n) is 6.94. The maximum atomic E-state index is 5.46. The zero-order chi connectivity index (χ0) is 14.1. The van der Waals surface area contributed by atoms with Crippen LogP contribution in [0.1, 0.15) is 30.1 Å². The van der Waals surface area contributed by atoms with Gasteiger partial charge in [-0.2, -0.15) is 0 Å². The highest BCUT2D eigenvalue weighted by molar-refractivity contribution is 5.73. The third kappa shape index (κ3) is 2.22. The molecular formula is C16H19N3O. The molecule has 1 aliphatic carbocycles. The standard InChI is InChI=1S/C16H19N3O/c1-10-14(12-6-4-5-7-13(12)20-3)18-16(11-8-9-11)19-15(10)17-2/h4-7,11H,8-9H2,1-3H3,(H,17,18,19). The van der Waals surface area contributed by atoms with Crippen molar-refractivity contribution < 1.29 is 4.74 Å². The molecule has 104 valence electrons. The zero-order valence-electron chi connectivity index (χ0n) is 12.1. The number of anilines is 1. The molecular weight excluding hydrogens is 250 g/mol. The minimum atomic E-state index is 0.524. The van der Waals surface area contributed by atoms with E-state index in [0.717, 1.165) is 34.2 Å². The second-order valence-electron chi connectivity index (χ2n) is 5.13. The molecule has 0 bridgehead atoms. The van der Waals surface area contributed by atoms with Crippen molar-refractivity contribution in [3.63, 3.8) is 0 Å². The second-order valence-corrected chi connectivity index (χ2v) is 5.13. The van der Waals surface area contributed by atoms with Gasteiger partial charge in [0.15, 0.2) is 0 Å². The molecule has 0 spiro atoms. The quantitative estimate of drug-likeness (QED) is 0.924. The third-order valence-electron chi connectivity index (χ3n) is 3.70. The number of benzene rings is 1. The van der Waals surface area contributed by atoms with Crippen molar-refractivity contribution in [2.24, 2.45) is 0 Å². The van der Waals surface area contributed by atoms with E-state index in [1.54, 1.807) is 7.11 Å². The average molecular weight is 269 g/mol. The number of hydrogen-bond acceptors (Lipinski definition) is 4. The van der Waals surface area contributed by atoms with Crippen LogP contribution in [0.5, 0.6) is 5.75 Å². The molecule has 0 aliphatic heterocycles. The SMILES string of the molecule is CNc1nc(C2CC2)nc(-c2ccccc2OC)c1C. The lowest BCUT2D eigenvalue weighted by molar-refractivity contribution is 0.416. The van der Waals surface area contributed by atoms with Gasteiger partial charge in [-0.05, 0) is 31.9 Å². The van der Waals surface area contributed by atoms with Gasteiger partial charge < -0.3 is 10.1 Å². The van der Waals surface area contributed by atoms with E-state index in [1.807, 2.05) is 38.2 Å². The molecule has 1 heterocycles. The summed E-state index contributed by atoms with van der Waals surface area (Å²) >= 11 is 0. The Kier molecular flexibility index (Phi) is 3.30. The molecule has 0 radical (unpaired) electrons. The Morgan fingerprint density at radius 2 is 1.95 bits per heavy atom. The summed E-state index contributed by atoms with van der Waals surface area (Å²) in [5, 5.41) is 3.17. The number of methoxy groups -OCH3 is 1. The van der Waals surface area contributed by atoms with Crippen LogP contribution >= 0.6 is 0 Å². The van der Waals surface area contributed by atoms with Crippen LogP contribution in [0.4, 0.5) is 5.82 Å². The molecule has 2 aromatic rings. The third-order valence-corrected chi connectivity index (χ3v) is 3.70. The van der Waals surface area contributed by atoms with Gasteiger partial charge in [-0.15, -0.1) is 0 Å². The highest BCUT2D eigenvalue weighted by Gasteiger charge is 2.28. The van der Waals surface area contributed by atoms with E-state index in [9.17, 15) is 0 Å². The van der Waals surface area contributed by atoms with Gasteiger partial charge in [0.1, 0.15) is 17.4 Å². The van der Waals surface area contributed by atoms with E-state index in [0.29, 0.717) is 5.92 Å². The maximum Gasteiger partial charge on any atom is 0.134 e. The predicted molar refractivity (Wildman–Crippen MR) is 80.3 cm³/mol. The zero-order valence-corrected chi connectivity index (χ0v) is 12.1. The number of nitrogens with zero attached hydrogens (tertiary/aromatic N) is 2. The van der Waals surface area contributed by atoms with E-state index < -0.39 is 0 Å². The highest BCUT2D eigenvalue weighted by Crippen LogP contribution is 2.41. The van der Waals surface area contributed by atoms with E-state index in [2.05, 4.69) is 10.3 Å². The Bertz CT molecular complexity index is 636. The lowest BCUT2D eigenvalue weighted by atomic mass is 10.1. The number of aromatic nitrogens is 2. The summed E-state index contributed by atoms with van der Waals surface area (Å²) in [6, 6.07) is 7.99. The van der Waals surface area contributed by atoms with Gasteiger partial charge in [0.05, 0.1) is 12.8 Å². The van der Waals surface area contributed by atoms with E-state index >= 15 is 0 Å². The van der Waals surface area contributed by atoms with Crippen molar-refractivity contribution in [3.05, 3.63) is 35.7 Å². The van der Waals surface area contributed by atoms with Crippen LogP contribution < -0.4 is 10.1 Å². The summed E-state index contributed by atoms with van der Waals surface area (Å²) in [4.78, 5) is 9.42. The molecule has 4 heteroatoms. The fourth-order valence-corrected chi connectivity index (χ4v) is 2.40. The van der Waals surface area contributed by atoms with Gasteiger partial charge in [0, 0.05) is 24.1 Å². The first-order valence-corrected chi connectivity index (χ1v) is 6.94. The summed E-state index contributed by atoms with van der Waals surface area (Å²) in [6.07, 6.45) is 2.38. The Morgan fingerprint density at radius 1 is 1.20 bits per heavy atom. The lowest BCUT2D eigenvalue weighted by Gasteiger charge is -2.14. The lowest BCUT2D eigenvalue weighted by Crippen LogP contribution is -2.05. The van der Waals surface area contributed by atoms with Crippen molar-refractivity contribution >= 4 is 5.82 Å². The Hall–Kier alpha value is -2.10. The van der Waals surface area contributed by atoms with Crippen LogP contribution in [-0.2, 0) is 0 Å². The van der Waals surface area contributed by atoms with Crippen LogP contribution in [0.15, 0.2) is 24.3 Å². The van der Waals surface area contributed by atoms with E-state index in [4.69, 9.17) is 9.72 Å². The van der Waals surface area contributed by atoms with Crippen LogP contribution in [0.25, 0.3) is 11.3 Å². The summed E-state index contributed by atoms with van der Waals surface area (Å²) < 4.78 is 5.46. The maximum absolute atomic E-state index is 5.46. The van der Waals surface area contributed by atoms with Crippen LogP contribution in [0.2, 0.25) is 0 Å². The van der Waals surface area contributed by atoms with Gasteiger partial charge in [0.2, 0.25) is 0 Å². The molecule has 1 fully saturated rings. The fraction of sp³-hybridized carbons (Fsp3) is 0.375. The van der Waals surface area contributed by atoms with Crippen molar-refractivity contribution in [2.45, 2.75) is 25.7 Å². The molecule has 0 amide bonds. The molecule has 1 saturated carbocycles. The number of ether oxygens (including phenoxy) is 1.